The zero-order valence-corrected chi connectivity index (χ0v) is 11.3. The largest absolute Gasteiger partial charge is 0.394 e. The lowest BCUT2D eigenvalue weighted by molar-refractivity contribution is 0.307. The summed E-state index contributed by atoms with van der Waals surface area (Å²) < 4.78 is 4.04. The number of aliphatic hydroxyl groups is 1. The molecule has 0 saturated carbocycles. The highest BCUT2D eigenvalue weighted by atomic mass is 16.3. The van der Waals surface area contributed by atoms with E-state index in [9.17, 15) is 0 Å². The van der Waals surface area contributed by atoms with Crippen molar-refractivity contribution in [3.63, 3.8) is 0 Å². The summed E-state index contributed by atoms with van der Waals surface area (Å²) >= 11 is 0. The molecule has 1 aliphatic rings. The molecule has 19 heavy (non-hydrogen) atoms. The molecule has 3 rings (SSSR count). The second-order valence-electron chi connectivity index (χ2n) is 5.06. The van der Waals surface area contributed by atoms with Crippen molar-refractivity contribution in [3.8, 4) is 0 Å². The zero-order chi connectivity index (χ0) is 13.4. The molecule has 2 aromatic heterocycles. The summed E-state index contributed by atoms with van der Waals surface area (Å²) in [5, 5.41) is 9.03. The smallest absolute Gasteiger partial charge is 0.130 e. The van der Waals surface area contributed by atoms with Crippen LogP contribution in [0.3, 0.4) is 0 Å². The van der Waals surface area contributed by atoms with E-state index in [2.05, 4.69) is 16.4 Å². The summed E-state index contributed by atoms with van der Waals surface area (Å²) in [6, 6.07) is 4.14. The van der Waals surface area contributed by atoms with E-state index in [-0.39, 0.29) is 6.61 Å². The minimum absolute atomic E-state index is 0.113. The first kappa shape index (κ1) is 12.2. The fraction of sp³-hybridized carbons (Fsp3) is 0.538. The van der Waals surface area contributed by atoms with Gasteiger partial charge in [-0.2, -0.15) is 0 Å². The van der Waals surface area contributed by atoms with Gasteiger partial charge in [0.15, 0.2) is 0 Å². The average molecular weight is 263 g/mol. The van der Waals surface area contributed by atoms with E-state index in [1.165, 1.54) is 12.8 Å². The van der Waals surface area contributed by atoms with Gasteiger partial charge in [-0.1, -0.05) is 0 Å². The molecule has 0 spiro atoms. The molecule has 1 fully saturated rings. The van der Waals surface area contributed by atoms with Crippen molar-refractivity contribution >= 4 is 22.7 Å². The van der Waals surface area contributed by atoms with Crippen LogP contribution in [0.2, 0.25) is 0 Å². The number of aromatic nitrogens is 2. The predicted molar refractivity (Wildman–Crippen MR) is 78.1 cm³/mol. The Morgan fingerprint density at radius 1 is 1.26 bits per heavy atom. The number of aliphatic hydroxyl groups excluding tert-OH is 1. The van der Waals surface area contributed by atoms with Crippen molar-refractivity contribution in [2.75, 3.05) is 42.3 Å². The molecular formula is C13H21N5O. The average Bonchev–Trinajstić information content (AvgIpc) is 3.07. The number of rotatable bonds is 4. The van der Waals surface area contributed by atoms with Crippen molar-refractivity contribution in [2.24, 2.45) is 7.05 Å². The zero-order valence-electron chi connectivity index (χ0n) is 11.3. The number of hydrogen-bond donors (Lipinski definition) is 3. The Bertz CT molecular complexity index is 579. The van der Waals surface area contributed by atoms with Crippen LogP contribution in [0, 0.1) is 0 Å². The topological polar surface area (TPSA) is 71.4 Å². The fourth-order valence-corrected chi connectivity index (χ4v) is 2.79. The molecule has 1 saturated heterocycles. The first-order valence-corrected chi connectivity index (χ1v) is 6.78. The van der Waals surface area contributed by atoms with Gasteiger partial charge in [-0.05, 0) is 12.8 Å². The molecule has 0 atom stereocenters. The van der Waals surface area contributed by atoms with Crippen LogP contribution in [0.1, 0.15) is 12.8 Å². The lowest BCUT2D eigenvalue weighted by atomic mass is 10.4. The molecule has 6 heteroatoms. The minimum atomic E-state index is 0.113. The van der Waals surface area contributed by atoms with E-state index >= 15 is 0 Å². The minimum Gasteiger partial charge on any atom is -0.394 e. The summed E-state index contributed by atoms with van der Waals surface area (Å²) in [5.74, 6) is 1.91. The van der Waals surface area contributed by atoms with E-state index in [1.54, 1.807) is 0 Å². The molecule has 0 unspecified atom stereocenters. The molecule has 0 bridgehead atoms. The maximum absolute atomic E-state index is 9.03. The summed E-state index contributed by atoms with van der Waals surface area (Å²) in [5.41, 5.74) is 11.4. The molecule has 1 aliphatic heterocycles. The Kier molecular flexibility index (Phi) is 3.02. The molecule has 2 aromatic rings. The Balaban J connectivity index is 2.08. The number of fused-ring (bicyclic) bond motifs is 1. The number of nitrogens with one attached hydrogen (secondary N) is 1. The van der Waals surface area contributed by atoms with Crippen LogP contribution in [0.4, 0.5) is 11.6 Å². The first-order chi connectivity index (χ1) is 9.22. The molecular weight excluding hydrogens is 242 g/mol. The molecule has 3 heterocycles. The van der Waals surface area contributed by atoms with Crippen LogP contribution in [-0.4, -0.2) is 40.6 Å². The predicted octanol–water partition coefficient (Wildman–Crippen LogP) is 0.698. The van der Waals surface area contributed by atoms with Crippen molar-refractivity contribution in [1.82, 2.24) is 9.24 Å². The molecule has 6 nitrogen and oxygen atoms in total. The van der Waals surface area contributed by atoms with Gasteiger partial charge in [0.05, 0.1) is 24.2 Å². The van der Waals surface area contributed by atoms with E-state index in [0.29, 0.717) is 6.54 Å². The van der Waals surface area contributed by atoms with Gasteiger partial charge in [0, 0.05) is 32.3 Å². The van der Waals surface area contributed by atoms with Crippen LogP contribution in [0.5, 0.6) is 0 Å². The van der Waals surface area contributed by atoms with Gasteiger partial charge in [-0.3, -0.25) is 0 Å². The number of nitrogen functional groups attached to an aromatic ring is 1. The summed E-state index contributed by atoms with van der Waals surface area (Å²) in [6.07, 6.45) is 2.48. The van der Waals surface area contributed by atoms with E-state index < -0.39 is 0 Å². The molecule has 0 radical (unpaired) electrons. The highest BCUT2D eigenvalue weighted by molar-refractivity contribution is 5.87. The Morgan fingerprint density at radius 3 is 2.68 bits per heavy atom. The van der Waals surface area contributed by atoms with Gasteiger partial charge in [-0.15, -0.1) is 0 Å². The molecule has 0 aliphatic carbocycles. The third-order valence-corrected chi connectivity index (χ3v) is 3.84. The monoisotopic (exact) mass is 263 g/mol. The fourth-order valence-electron chi connectivity index (χ4n) is 2.79. The van der Waals surface area contributed by atoms with Crippen LogP contribution >= 0.6 is 0 Å². The van der Waals surface area contributed by atoms with Gasteiger partial charge >= 0.3 is 0 Å². The van der Waals surface area contributed by atoms with Crippen molar-refractivity contribution in [2.45, 2.75) is 12.8 Å². The number of nitrogens with two attached hydrogens (primary N) is 1. The second kappa shape index (κ2) is 4.70. The summed E-state index contributed by atoms with van der Waals surface area (Å²) in [6.45, 7) is 2.82. The van der Waals surface area contributed by atoms with Crippen molar-refractivity contribution in [1.29, 1.82) is 0 Å². The third kappa shape index (κ3) is 1.92. The number of anilines is 2. The molecule has 4 N–H and O–H groups in total. The normalized spacial score (nSPS) is 15.6. The number of aryl methyl sites for hydroxylation is 1. The van der Waals surface area contributed by atoms with E-state index in [4.69, 9.17) is 10.8 Å². The lowest BCUT2D eigenvalue weighted by Crippen LogP contribution is -2.26. The van der Waals surface area contributed by atoms with Gasteiger partial charge in [0.25, 0.3) is 0 Å². The quantitative estimate of drug-likeness (QED) is 0.759. The number of hydrogen-bond acceptors (Lipinski definition) is 4. The maximum atomic E-state index is 9.03. The number of nitrogens with zero attached hydrogens (tertiary/aromatic N) is 3. The van der Waals surface area contributed by atoms with Crippen LogP contribution < -0.4 is 16.1 Å². The Labute approximate surface area is 112 Å². The van der Waals surface area contributed by atoms with Crippen LogP contribution in [0.25, 0.3) is 11.0 Å². The lowest BCUT2D eigenvalue weighted by Gasteiger charge is -2.21. The van der Waals surface area contributed by atoms with Crippen molar-refractivity contribution < 1.29 is 5.11 Å². The van der Waals surface area contributed by atoms with Gasteiger partial charge in [0.2, 0.25) is 0 Å². The van der Waals surface area contributed by atoms with E-state index in [0.717, 1.165) is 35.8 Å². The molecule has 104 valence electrons. The Hall–Kier alpha value is -1.82. The third-order valence-electron chi connectivity index (χ3n) is 3.84. The maximum Gasteiger partial charge on any atom is 0.130 e. The standard InChI is InChI=1S/C13H21N5O/c1-16-10-9-13(17-5-2-3-6-17)18(15-4-7-19)11(10)8-12(16)14/h8-9,15,19H,2-7,14H2,1H3. The van der Waals surface area contributed by atoms with Crippen molar-refractivity contribution in [3.05, 3.63) is 12.1 Å². The van der Waals surface area contributed by atoms with Crippen LogP contribution in [-0.2, 0) is 7.05 Å². The van der Waals surface area contributed by atoms with Gasteiger partial charge in [0.1, 0.15) is 11.6 Å². The second-order valence-corrected chi connectivity index (χ2v) is 5.06. The highest BCUT2D eigenvalue weighted by Crippen LogP contribution is 2.30. The Morgan fingerprint density at radius 2 is 2.00 bits per heavy atom. The highest BCUT2D eigenvalue weighted by Gasteiger charge is 2.20. The van der Waals surface area contributed by atoms with Gasteiger partial charge in [-0.25, -0.2) is 4.68 Å². The summed E-state index contributed by atoms with van der Waals surface area (Å²) in [7, 11) is 1.97. The van der Waals surface area contributed by atoms with Gasteiger partial charge < -0.3 is 25.7 Å². The SMILES string of the molecule is Cn1c(N)cc2c1cc(N1CCCC1)n2NCCO. The first-order valence-electron chi connectivity index (χ1n) is 6.78. The molecule has 0 amide bonds. The summed E-state index contributed by atoms with van der Waals surface area (Å²) in [4.78, 5) is 2.38. The van der Waals surface area contributed by atoms with Crippen LogP contribution in [0.15, 0.2) is 12.1 Å². The van der Waals surface area contributed by atoms with E-state index in [1.807, 2.05) is 22.4 Å². The molecule has 0 aromatic carbocycles.